The molecule has 1 aromatic carbocycles. The number of benzene rings is 1. The van der Waals surface area contributed by atoms with Crippen LogP contribution in [0.2, 0.25) is 0 Å². The van der Waals surface area contributed by atoms with Crippen LogP contribution in [0.25, 0.3) is 11.0 Å². The van der Waals surface area contributed by atoms with Crippen LogP contribution < -0.4 is 0 Å². The van der Waals surface area contributed by atoms with Crippen LogP contribution in [-0.2, 0) is 0 Å². The third kappa shape index (κ3) is 2.11. The second-order valence-corrected chi connectivity index (χ2v) is 3.02. The smallest absolute Gasteiger partial charge is 0.396 e. The second-order valence-electron chi connectivity index (χ2n) is 3.02. The Morgan fingerprint density at radius 1 is 1.20 bits per heavy atom. The lowest BCUT2D eigenvalue weighted by Gasteiger charge is -2.02. The summed E-state index contributed by atoms with van der Waals surface area (Å²) in [5.41, 5.74) is 0.00278. The van der Waals surface area contributed by atoms with E-state index in [1.165, 1.54) is 6.07 Å². The van der Waals surface area contributed by atoms with Gasteiger partial charge in [-0.3, -0.25) is 0 Å². The van der Waals surface area contributed by atoms with Crippen LogP contribution in [0.1, 0.15) is 5.56 Å². The highest BCUT2D eigenvalue weighted by atomic mass is 19.4. The number of halogens is 4. The summed E-state index contributed by atoms with van der Waals surface area (Å²) in [6.45, 7) is 0. The van der Waals surface area contributed by atoms with Crippen LogP contribution in [0.5, 0.6) is 0 Å². The molecule has 0 saturated heterocycles. The van der Waals surface area contributed by atoms with E-state index in [-0.39, 0.29) is 23.0 Å². The maximum absolute atomic E-state index is 12.7. The van der Waals surface area contributed by atoms with E-state index < -0.39 is 12.0 Å². The van der Waals surface area contributed by atoms with Gasteiger partial charge >= 0.3 is 6.18 Å². The Bertz CT molecular complexity index is 484. The molecule has 0 atom stereocenters. The molecule has 0 amide bonds. The first kappa shape index (κ1) is 10.0. The molecule has 15 heavy (non-hydrogen) atoms. The van der Waals surface area contributed by atoms with Crippen molar-refractivity contribution in [3.63, 3.8) is 0 Å². The minimum absolute atomic E-state index is 0.0995. The molecule has 79 valence electrons. The summed E-state index contributed by atoms with van der Waals surface area (Å²) < 4.78 is 53.7. The Labute approximate surface area is 82.3 Å². The van der Waals surface area contributed by atoms with Crippen molar-refractivity contribution in [3.8, 4) is 0 Å². The number of hydrogen-bond donors (Lipinski definition) is 0. The van der Waals surface area contributed by atoms with Crippen molar-refractivity contribution in [1.29, 1.82) is 0 Å². The molecule has 1 nitrogen and oxygen atoms in total. The zero-order valence-corrected chi connectivity index (χ0v) is 7.31. The van der Waals surface area contributed by atoms with Gasteiger partial charge in [-0.15, -0.1) is 0 Å². The molecule has 5 heteroatoms. The molecule has 2 aromatic rings. The summed E-state index contributed by atoms with van der Waals surface area (Å²) in [5.74, 6) is -0.546. The average Bonchev–Trinajstić information content (AvgIpc) is 2.45. The first-order valence-electron chi connectivity index (χ1n) is 4.05. The molecule has 0 aliphatic carbocycles. The van der Waals surface area contributed by atoms with Gasteiger partial charge in [-0.1, -0.05) is 0 Å². The van der Waals surface area contributed by atoms with Gasteiger partial charge in [0.15, 0.2) is 0 Å². The summed E-state index contributed by atoms with van der Waals surface area (Å²) in [6, 6.07) is 3.39. The third-order valence-electron chi connectivity index (χ3n) is 1.89. The van der Waals surface area contributed by atoms with E-state index in [9.17, 15) is 17.6 Å². The van der Waals surface area contributed by atoms with Crippen LogP contribution in [-0.4, -0.2) is 6.18 Å². The van der Waals surface area contributed by atoms with Gasteiger partial charge in [0.1, 0.15) is 11.4 Å². The Morgan fingerprint density at radius 2 is 1.93 bits per heavy atom. The van der Waals surface area contributed by atoms with Crippen LogP contribution in [0.3, 0.4) is 0 Å². The van der Waals surface area contributed by atoms with Gasteiger partial charge in [0.25, 0.3) is 0 Å². The van der Waals surface area contributed by atoms with E-state index in [4.69, 9.17) is 4.42 Å². The minimum atomic E-state index is -4.41. The van der Waals surface area contributed by atoms with Gasteiger partial charge in [0.05, 0.1) is 12.7 Å². The van der Waals surface area contributed by atoms with Gasteiger partial charge in [0, 0.05) is 17.0 Å². The van der Waals surface area contributed by atoms with E-state index in [0.717, 1.165) is 18.4 Å². The first-order valence-corrected chi connectivity index (χ1v) is 4.05. The molecule has 0 bridgehead atoms. The third-order valence-corrected chi connectivity index (χ3v) is 1.89. The van der Waals surface area contributed by atoms with Crippen LogP contribution in [0.15, 0.2) is 28.9 Å². The SMILES string of the molecule is Fc1ccc2c([CH]C(F)(F)F)coc2c1. The van der Waals surface area contributed by atoms with Crippen molar-refractivity contribution in [2.75, 3.05) is 0 Å². The Morgan fingerprint density at radius 3 is 2.60 bits per heavy atom. The highest BCUT2D eigenvalue weighted by Crippen LogP contribution is 2.30. The molecule has 0 N–H and O–H groups in total. The number of rotatable bonds is 1. The summed E-state index contributed by atoms with van der Waals surface area (Å²) >= 11 is 0. The number of furan rings is 1. The lowest BCUT2D eigenvalue weighted by atomic mass is 10.1. The van der Waals surface area contributed by atoms with E-state index >= 15 is 0 Å². The van der Waals surface area contributed by atoms with E-state index in [0.29, 0.717) is 0 Å². The second kappa shape index (κ2) is 3.25. The maximum Gasteiger partial charge on any atom is 0.396 e. The lowest BCUT2D eigenvalue weighted by molar-refractivity contribution is -0.0927. The molecule has 0 unspecified atom stereocenters. The van der Waals surface area contributed by atoms with Gasteiger partial charge in [-0.05, 0) is 12.1 Å². The quantitative estimate of drug-likeness (QED) is 0.664. The van der Waals surface area contributed by atoms with Crippen molar-refractivity contribution in [3.05, 3.63) is 42.3 Å². The predicted molar refractivity (Wildman–Crippen MR) is 45.6 cm³/mol. The summed E-state index contributed by atoms with van der Waals surface area (Å²) in [6.07, 6.45) is -3.33. The summed E-state index contributed by atoms with van der Waals surface area (Å²) in [7, 11) is 0. The fraction of sp³-hybridized carbons (Fsp3) is 0.100. The van der Waals surface area contributed by atoms with E-state index in [2.05, 4.69) is 0 Å². The number of fused-ring (bicyclic) bond motifs is 1. The molecule has 1 aromatic heterocycles. The van der Waals surface area contributed by atoms with E-state index in [1.54, 1.807) is 0 Å². The molecular weight excluding hydrogens is 212 g/mol. The molecule has 0 spiro atoms. The van der Waals surface area contributed by atoms with Crippen LogP contribution in [0.4, 0.5) is 17.6 Å². The Hall–Kier alpha value is -1.52. The highest BCUT2D eigenvalue weighted by Gasteiger charge is 2.30. The zero-order chi connectivity index (χ0) is 11.1. The van der Waals surface area contributed by atoms with Crippen LogP contribution in [0, 0.1) is 12.2 Å². The normalized spacial score (nSPS) is 12.3. The topological polar surface area (TPSA) is 13.1 Å². The van der Waals surface area contributed by atoms with Crippen molar-refractivity contribution in [2.45, 2.75) is 6.18 Å². The number of alkyl halides is 3. The van der Waals surface area contributed by atoms with Gasteiger partial charge in [-0.25, -0.2) is 4.39 Å². The molecule has 0 aliphatic rings. The minimum Gasteiger partial charge on any atom is -0.464 e. The van der Waals surface area contributed by atoms with Crippen molar-refractivity contribution in [1.82, 2.24) is 0 Å². The highest BCUT2D eigenvalue weighted by molar-refractivity contribution is 5.82. The molecule has 0 aliphatic heterocycles. The lowest BCUT2D eigenvalue weighted by Crippen LogP contribution is -2.08. The van der Waals surface area contributed by atoms with Crippen molar-refractivity contribution < 1.29 is 22.0 Å². The first-order chi connectivity index (χ1) is 6.96. The fourth-order valence-electron chi connectivity index (χ4n) is 1.31. The van der Waals surface area contributed by atoms with Gasteiger partial charge in [-0.2, -0.15) is 13.2 Å². The molecule has 1 heterocycles. The Balaban J connectivity index is 2.45. The fourth-order valence-corrected chi connectivity index (χ4v) is 1.31. The zero-order valence-electron chi connectivity index (χ0n) is 7.31. The van der Waals surface area contributed by atoms with Gasteiger partial charge in [0.2, 0.25) is 0 Å². The van der Waals surface area contributed by atoms with Crippen molar-refractivity contribution in [2.24, 2.45) is 0 Å². The number of hydrogen-bond acceptors (Lipinski definition) is 1. The molecule has 1 radical (unpaired) electrons. The summed E-state index contributed by atoms with van der Waals surface area (Å²) in [5, 5.41) is 0.244. The standard InChI is InChI=1S/C10H5F4O/c11-7-1-2-8-6(4-10(12,13)14)5-15-9(8)3-7/h1-5H. The maximum atomic E-state index is 12.7. The largest absolute Gasteiger partial charge is 0.464 e. The van der Waals surface area contributed by atoms with E-state index in [1.807, 2.05) is 0 Å². The van der Waals surface area contributed by atoms with Gasteiger partial charge < -0.3 is 4.42 Å². The molecule has 0 saturated carbocycles. The monoisotopic (exact) mass is 217 g/mol. The molecule has 0 fully saturated rings. The summed E-state index contributed by atoms with van der Waals surface area (Å²) in [4.78, 5) is 0. The molecular formula is C10H5F4O. The predicted octanol–water partition coefficient (Wildman–Crippen LogP) is 3.69. The van der Waals surface area contributed by atoms with Crippen LogP contribution >= 0.6 is 0 Å². The average molecular weight is 217 g/mol. The van der Waals surface area contributed by atoms with Crippen molar-refractivity contribution >= 4 is 11.0 Å². The Kier molecular flexibility index (Phi) is 2.17. The molecule has 2 rings (SSSR count).